The van der Waals surface area contributed by atoms with Crippen LogP contribution in [0.1, 0.15) is 19.8 Å². The number of nitrogens with zero attached hydrogens (tertiary/aromatic N) is 3. The zero-order valence-corrected chi connectivity index (χ0v) is 10.9. The summed E-state index contributed by atoms with van der Waals surface area (Å²) in [5.41, 5.74) is 0. The summed E-state index contributed by atoms with van der Waals surface area (Å²) < 4.78 is 0. The van der Waals surface area contributed by atoms with Crippen LogP contribution in [0.15, 0.2) is 18.2 Å². The van der Waals surface area contributed by atoms with Crippen molar-refractivity contribution in [2.75, 3.05) is 24.5 Å². The molecule has 17 heavy (non-hydrogen) atoms. The van der Waals surface area contributed by atoms with Gasteiger partial charge in [0.2, 0.25) is 0 Å². The van der Waals surface area contributed by atoms with Gasteiger partial charge in [-0.3, -0.25) is 4.90 Å². The summed E-state index contributed by atoms with van der Waals surface area (Å²) in [6.07, 6.45) is 2.66. The Labute approximate surface area is 107 Å². The second kappa shape index (κ2) is 4.46. The monoisotopic (exact) mass is 251 g/mol. The minimum Gasteiger partial charge on any atom is -0.351 e. The predicted molar refractivity (Wildman–Crippen MR) is 70.7 cm³/mol. The van der Waals surface area contributed by atoms with Gasteiger partial charge in [0.15, 0.2) is 0 Å². The van der Waals surface area contributed by atoms with Crippen LogP contribution in [0, 0.1) is 0 Å². The number of hydrogen-bond acceptors (Lipinski definition) is 3. The van der Waals surface area contributed by atoms with Crippen LogP contribution >= 0.6 is 11.6 Å². The highest BCUT2D eigenvalue weighted by Crippen LogP contribution is 2.28. The lowest BCUT2D eigenvalue weighted by Crippen LogP contribution is -2.55. The quantitative estimate of drug-likeness (QED) is 0.715. The number of piperazine rings is 1. The van der Waals surface area contributed by atoms with Gasteiger partial charge in [-0.25, -0.2) is 4.98 Å². The maximum Gasteiger partial charge on any atom is 0.131 e. The summed E-state index contributed by atoms with van der Waals surface area (Å²) in [5.74, 6) is 1.02. The van der Waals surface area contributed by atoms with E-state index in [0.717, 1.165) is 18.9 Å². The van der Waals surface area contributed by atoms with E-state index in [9.17, 15) is 0 Å². The number of aromatic nitrogens is 1. The molecule has 1 aromatic heterocycles. The van der Waals surface area contributed by atoms with E-state index in [-0.39, 0.29) is 0 Å². The molecule has 0 bridgehead atoms. The van der Waals surface area contributed by atoms with Crippen LogP contribution in [0.25, 0.3) is 0 Å². The lowest BCUT2D eigenvalue weighted by atomic mass is 10.1. The molecule has 0 spiro atoms. The number of halogens is 1. The highest BCUT2D eigenvalue weighted by Gasteiger charge is 2.34. The molecule has 0 amide bonds. The average molecular weight is 252 g/mol. The molecule has 3 rings (SSSR count). The van der Waals surface area contributed by atoms with Crippen molar-refractivity contribution in [3.8, 4) is 0 Å². The Kier molecular flexibility index (Phi) is 2.97. The number of fused-ring (bicyclic) bond motifs is 1. The summed E-state index contributed by atoms with van der Waals surface area (Å²) >= 11 is 5.97. The Morgan fingerprint density at radius 2 is 2.24 bits per heavy atom. The smallest absolute Gasteiger partial charge is 0.131 e. The van der Waals surface area contributed by atoms with Crippen molar-refractivity contribution >= 4 is 17.4 Å². The molecule has 3 heterocycles. The summed E-state index contributed by atoms with van der Waals surface area (Å²) in [4.78, 5) is 9.45. The Bertz CT molecular complexity index is 409. The number of hydrogen-bond donors (Lipinski definition) is 0. The van der Waals surface area contributed by atoms with Crippen molar-refractivity contribution in [2.24, 2.45) is 0 Å². The van der Waals surface area contributed by atoms with Crippen molar-refractivity contribution in [3.63, 3.8) is 0 Å². The van der Waals surface area contributed by atoms with Gasteiger partial charge in [0.25, 0.3) is 0 Å². The average Bonchev–Trinajstić information content (AvgIpc) is 2.75. The van der Waals surface area contributed by atoms with Gasteiger partial charge in [0.05, 0.1) is 0 Å². The van der Waals surface area contributed by atoms with Crippen LogP contribution in [-0.2, 0) is 0 Å². The Balaban J connectivity index is 1.83. The molecule has 2 atom stereocenters. The maximum absolute atomic E-state index is 5.97. The fourth-order valence-electron chi connectivity index (χ4n) is 3.06. The second-order valence-corrected chi connectivity index (χ2v) is 5.50. The highest BCUT2D eigenvalue weighted by atomic mass is 35.5. The van der Waals surface area contributed by atoms with Gasteiger partial charge in [-0.2, -0.15) is 0 Å². The van der Waals surface area contributed by atoms with Crippen LogP contribution in [0.2, 0.25) is 5.15 Å². The zero-order chi connectivity index (χ0) is 11.8. The van der Waals surface area contributed by atoms with E-state index in [0.29, 0.717) is 17.2 Å². The van der Waals surface area contributed by atoms with Gasteiger partial charge in [0.1, 0.15) is 11.0 Å². The van der Waals surface area contributed by atoms with Gasteiger partial charge in [-0.1, -0.05) is 17.7 Å². The molecule has 2 unspecified atom stereocenters. The van der Waals surface area contributed by atoms with Gasteiger partial charge < -0.3 is 4.90 Å². The van der Waals surface area contributed by atoms with Crippen molar-refractivity contribution in [3.05, 3.63) is 23.4 Å². The summed E-state index contributed by atoms with van der Waals surface area (Å²) in [6.45, 7) is 5.79. The van der Waals surface area contributed by atoms with E-state index >= 15 is 0 Å². The molecule has 0 aromatic carbocycles. The standard InChI is InChI=1S/C13H18ClN3/c1-10-8-16-7-3-4-11(16)9-17(10)13-6-2-5-12(14)15-13/h2,5-6,10-11H,3-4,7-9H2,1H3. The van der Waals surface area contributed by atoms with Crippen LogP contribution in [0.4, 0.5) is 5.82 Å². The first-order valence-corrected chi connectivity index (χ1v) is 6.75. The molecule has 2 aliphatic rings. The lowest BCUT2D eigenvalue weighted by molar-refractivity contribution is 0.202. The van der Waals surface area contributed by atoms with E-state index in [4.69, 9.17) is 11.6 Å². The second-order valence-electron chi connectivity index (χ2n) is 5.11. The van der Waals surface area contributed by atoms with Crippen molar-refractivity contribution in [1.82, 2.24) is 9.88 Å². The summed E-state index contributed by atoms with van der Waals surface area (Å²) in [7, 11) is 0. The van der Waals surface area contributed by atoms with Gasteiger partial charge in [-0.05, 0) is 38.4 Å². The molecule has 0 saturated carbocycles. The fraction of sp³-hybridized carbons (Fsp3) is 0.615. The molecule has 0 N–H and O–H groups in total. The molecule has 4 heteroatoms. The molecule has 3 nitrogen and oxygen atoms in total. The van der Waals surface area contributed by atoms with E-state index in [2.05, 4.69) is 27.8 Å². The normalized spacial score (nSPS) is 29.4. The van der Waals surface area contributed by atoms with Gasteiger partial charge in [-0.15, -0.1) is 0 Å². The van der Waals surface area contributed by atoms with Crippen molar-refractivity contribution in [2.45, 2.75) is 31.8 Å². The third kappa shape index (κ3) is 2.14. The van der Waals surface area contributed by atoms with E-state index < -0.39 is 0 Å². The molecule has 2 saturated heterocycles. The molecular formula is C13H18ClN3. The Morgan fingerprint density at radius 1 is 1.35 bits per heavy atom. The Morgan fingerprint density at radius 3 is 3.06 bits per heavy atom. The van der Waals surface area contributed by atoms with E-state index in [1.165, 1.54) is 19.4 Å². The highest BCUT2D eigenvalue weighted by molar-refractivity contribution is 6.29. The SMILES string of the molecule is CC1CN2CCCC2CN1c1cccc(Cl)n1. The first-order chi connectivity index (χ1) is 8.24. The van der Waals surface area contributed by atoms with Gasteiger partial charge >= 0.3 is 0 Å². The Hall–Kier alpha value is -0.800. The number of pyridine rings is 1. The first-order valence-electron chi connectivity index (χ1n) is 6.37. The zero-order valence-electron chi connectivity index (χ0n) is 10.1. The maximum atomic E-state index is 5.97. The van der Waals surface area contributed by atoms with Crippen LogP contribution in [0.3, 0.4) is 0 Å². The topological polar surface area (TPSA) is 19.4 Å². The first kappa shape index (κ1) is 11.3. The fourth-order valence-corrected chi connectivity index (χ4v) is 3.22. The van der Waals surface area contributed by atoms with Crippen LogP contribution in [-0.4, -0.2) is 41.6 Å². The minimum absolute atomic E-state index is 0.523. The minimum atomic E-state index is 0.523. The van der Waals surface area contributed by atoms with E-state index in [1.54, 1.807) is 0 Å². The molecular weight excluding hydrogens is 234 g/mol. The molecule has 0 radical (unpaired) electrons. The van der Waals surface area contributed by atoms with Crippen molar-refractivity contribution < 1.29 is 0 Å². The van der Waals surface area contributed by atoms with Crippen LogP contribution < -0.4 is 4.90 Å². The lowest BCUT2D eigenvalue weighted by Gasteiger charge is -2.43. The molecule has 2 fully saturated rings. The van der Waals surface area contributed by atoms with Crippen molar-refractivity contribution in [1.29, 1.82) is 0 Å². The third-order valence-corrected chi connectivity index (χ3v) is 4.14. The molecule has 2 aliphatic heterocycles. The predicted octanol–water partition coefficient (Wildman–Crippen LogP) is 2.41. The number of rotatable bonds is 1. The molecule has 0 aliphatic carbocycles. The molecule has 1 aromatic rings. The summed E-state index contributed by atoms with van der Waals surface area (Å²) in [5, 5.41) is 0.587. The van der Waals surface area contributed by atoms with Gasteiger partial charge in [0, 0.05) is 25.2 Å². The number of anilines is 1. The summed E-state index contributed by atoms with van der Waals surface area (Å²) in [6, 6.07) is 7.12. The van der Waals surface area contributed by atoms with E-state index in [1.807, 2.05) is 12.1 Å². The molecule has 92 valence electrons. The van der Waals surface area contributed by atoms with Crippen LogP contribution in [0.5, 0.6) is 0 Å². The third-order valence-electron chi connectivity index (χ3n) is 3.93. The largest absolute Gasteiger partial charge is 0.351 e.